The van der Waals surface area contributed by atoms with Crippen molar-refractivity contribution >= 4 is 32.8 Å². The molecule has 0 unspecified atom stereocenters. The maximum atomic E-state index is 8.93. The molecule has 376 valence electrons. The lowest BCUT2D eigenvalue weighted by Gasteiger charge is -2.20. The van der Waals surface area contributed by atoms with E-state index >= 15 is 0 Å². The van der Waals surface area contributed by atoms with E-state index in [4.69, 9.17) is 23.4 Å². The van der Waals surface area contributed by atoms with Crippen LogP contribution in [0.3, 0.4) is 0 Å². The molecule has 3 aromatic heterocycles. The Balaban J connectivity index is 0.856. The first-order chi connectivity index (χ1) is 42.4. The van der Waals surface area contributed by atoms with Crippen LogP contribution in [0.15, 0.2) is 261 Å². The minimum atomic E-state index is -0.533. The Morgan fingerprint density at radius 2 is 1.13 bits per heavy atom. The standard InChI is InChI=1S/C73H58N4O/c1-73(2,3)59-40-41-74-72(47-59)77-68-39-36-55(58-44-56(51-21-8-4-9-22-51)43-57(45-58)52-23-10-5-11-24-52)46-67(68)66-38-37-62(49-71(66)77)78-61-30-18-29-60(48-61)76-50-75(69-34-16-17-35-70(69)76)42-20-33-65-63(53-25-12-6-13-26-53)31-19-32-64(65)54-27-14-7-15-28-54/h4-19,21-32,34-41,43-49H,20,33,42H2,1-3H3/i6D,7D,12D,13D,14D,15D,25D,26D,27D,28D. The zero-order valence-electron chi connectivity index (χ0n) is 53.4. The molecule has 13 aromatic rings. The van der Waals surface area contributed by atoms with Crippen molar-refractivity contribution in [2.75, 3.05) is 0 Å². The van der Waals surface area contributed by atoms with Crippen molar-refractivity contribution in [1.29, 1.82) is 0 Å². The summed E-state index contributed by atoms with van der Waals surface area (Å²) in [6.07, 6.45) is 6.13. The van der Waals surface area contributed by atoms with Gasteiger partial charge in [0, 0.05) is 23.0 Å². The number of hydrogen-bond acceptors (Lipinski definition) is 2. The van der Waals surface area contributed by atoms with Crippen LogP contribution in [0, 0.1) is 6.33 Å². The molecule has 0 bridgehead atoms. The molecule has 5 nitrogen and oxygen atoms in total. The highest BCUT2D eigenvalue weighted by Crippen LogP contribution is 2.40. The number of rotatable bonds is 13. The van der Waals surface area contributed by atoms with Gasteiger partial charge in [-0.05, 0) is 152 Å². The summed E-state index contributed by atoms with van der Waals surface area (Å²) in [5.41, 5.74) is 13.3. The van der Waals surface area contributed by atoms with Crippen LogP contribution in [0.1, 0.15) is 52.0 Å². The topological polar surface area (TPSA) is 35.9 Å². The fourth-order valence-corrected chi connectivity index (χ4v) is 10.7. The molecule has 0 aliphatic rings. The molecule has 13 rings (SSSR count). The largest absolute Gasteiger partial charge is 0.458 e. The van der Waals surface area contributed by atoms with E-state index < -0.39 is 60.4 Å². The van der Waals surface area contributed by atoms with Gasteiger partial charge >= 0.3 is 0 Å². The number of hydrogen-bond donors (Lipinski definition) is 0. The van der Waals surface area contributed by atoms with Crippen molar-refractivity contribution in [3.8, 4) is 78.6 Å². The molecule has 0 aliphatic carbocycles. The predicted octanol–water partition coefficient (Wildman–Crippen LogP) is 18.3. The second-order valence-electron chi connectivity index (χ2n) is 20.5. The molecule has 0 fully saturated rings. The van der Waals surface area contributed by atoms with Crippen LogP contribution in [0.25, 0.3) is 100.0 Å². The summed E-state index contributed by atoms with van der Waals surface area (Å²) in [7, 11) is 0. The summed E-state index contributed by atoms with van der Waals surface area (Å²) in [5, 5.41) is 2.12. The molecule has 10 aromatic carbocycles. The van der Waals surface area contributed by atoms with Crippen molar-refractivity contribution in [1.82, 2.24) is 14.1 Å². The maximum absolute atomic E-state index is 8.93. The molecule has 0 spiro atoms. The summed E-state index contributed by atoms with van der Waals surface area (Å²) >= 11 is 0. The molecule has 3 heterocycles. The molecule has 0 atom stereocenters. The third-order valence-corrected chi connectivity index (χ3v) is 14.5. The van der Waals surface area contributed by atoms with Gasteiger partial charge in [0.2, 0.25) is 6.33 Å². The lowest BCUT2D eigenvalue weighted by Crippen LogP contribution is -2.33. The van der Waals surface area contributed by atoms with Crippen LogP contribution in [-0.2, 0) is 18.4 Å². The normalized spacial score (nSPS) is 13.5. The van der Waals surface area contributed by atoms with E-state index in [-0.39, 0.29) is 23.0 Å². The summed E-state index contributed by atoms with van der Waals surface area (Å²) in [6, 6.07) is 61.0. The molecule has 78 heavy (non-hydrogen) atoms. The highest BCUT2D eigenvalue weighted by molar-refractivity contribution is 6.11. The maximum Gasteiger partial charge on any atom is 0.244 e. The van der Waals surface area contributed by atoms with Gasteiger partial charge in [-0.2, -0.15) is 0 Å². The van der Waals surface area contributed by atoms with Crippen molar-refractivity contribution in [3.05, 3.63) is 278 Å². The van der Waals surface area contributed by atoms with Gasteiger partial charge in [0.15, 0.2) is 0 Å². The second-order valence-corrected chi connectivity index (χ2v) is 20.5. The molecule has 0 N–H and O–H groups in total. The predicted molar refractivity (Wildman–Crippen MR) is 322 cm³/mol. The molecule has 5 heteroatoms. The van der Waals surface area contributed by atoms with Crippen molar-refractivity contribution in [2.24, 2.45) is 0 Å². The molecule has 0 aliphatic heterocycles. The van der Waals surface area contributed by atoms with Crippen LogP contribution in [0.4, 0.5) is 0 Å². The average molecular weight is 1020 g/mol. The Bertz CT molecular complexity index is 4710. The van der Waals surface area contributed by atoms with Gasteiger partial charge in [-0.15, -0.1) is 0 Å². The minimum absolute atomic E-state index is 0.0355. The Morgan fingerprint density at radius 3 is 1.81 bits per heavy atom. The highest BCUT2D eigenvalue weighted by atomic mass is 16.5. The first-order valence-corrected chi connectivity index (χ1v) is 26.2. The first kappa shape index (κ1) is 38.0. The van der Waals surface area contributed by atoms with E-state index in [1.807, 2.05) is 82.1 Å². The van der Waals surface area contributed by atoms with Crippen LogP contribution in [0.2, 0.25) is 0 Å². The van der Waals surface area contributed by atoms with E-state index in [1.54, 1.807) is 18.2 Å². The molecule has 0 saturated heterocycles. The Kier molecular flexibility index (Phi) is 10.0. The Labute approximate surface area is 470 Å². The van der Waals surface area contributed by atoms with Crippen LogP contribution >= 0.6 is 0 Å². The van der Waals surface area contributed by atoms with Crippen molar-refractivity contribution in [3.63, 3.8) is 0 Å². The number of nitrogens with zero attached hydrogens (tertiary/aromatic N) is 4. The minimum Gasteiger partial charge on any atom is -0.458 e. The molecule has 0 saturated carbocycles. The molecular formula is C73H58N4O. The summed E-state index contributed by atoms with van der Waals surface area (Å²) < 4.78 is 99.4. The van der Waals surface area contributed by atoms with Crippen LogP contribution in [-0.4, -0.2) is 14.1 Å². The fourth-order valence-electron chi connectivity index (χ4n) is 10.7. The first-order valence-electron chi connectivity index (χ1n) is 31.2. The van der Waals surface area contributed by atoms with Gasteiger partial charge in [-0.3, -0.25) is 4.57 Å². The molecular weight excluding hydrogens is 949 g/mol. The van der Waals surface area contributed by atoms with Gasteiger partial charge in [-0.25, -0.2) is 4.98 Å². The number of fused-ring (bicyclic) bond motifs is 4. The lowest BCUT2D eigenvalue weighted by atomic mass is 9.88. The number of pyridine rings is 1. The molecule has 0 amide bonds. The second kappa shape index (κ2) is 20.5. The van der Waals surface area contributed by atoms with E-state index in [0.29, 0.717) is 41.2 Å². The van der Waals surface area contributed by atoms with E-state index in [0.717, 1.165) is 83.3 Å². The van der Waals surface area contributed by atoms with Gasteiger partial charge < -0.3 is 13.9 Å². The zero-order chi connectivity index (χ0) is 61.3. The number of ether oxygens (including phenoxy) is 1. The van der Waals surface area contributed by atoms with Crippen LogP contribution in [0.5, 0.6) is 11.5 Å². The Morgan fingerprint density at radius 1 is 0.500 bits per heavy atom. The average Bonchev–Trinajstić information content (AvgIpc) is 1.73. The number of imidazole rings is 1. The summed E-state index contributed by atoms with van der Waals surface area (Å²) in [5.74, 6) is 2.03. The van der Waals surface area contributed by atoms with E-state index in [9.17, 15) is 0 Å². The number of benzene rings is 10. The third-order valence-electron chi connectivity index (χ3n) is 14.5. The van der Waals surface area contributed by atoms with E-state index in [2.05, 4.69) is 141 Å². The van der Waals surface area contributed by atoms with Gasteiger partial charge in [0.1, 0.15) is 17.3 Å². The summed E-state index contributed by atoms with van der Waals surface area (Å²) in [6.45, 7) is 7.02. The fraction of sp³-hybridized carbons (Fsp3) is 0.0959. The Hall–Kier alpha value is -9.58. The van der Waals surface area contributed by atoms with Gasteiger partial charge in [0.05, 0.1) is 48.0 Å². The van der Waals surface area contributed by atoms with Crippen molar-refractivity contribution in [2.45, 2.75) is 45.6 Å². The van der Waals surface area contributed by atoms with Gasteiger partial charge in [-0.1, -0.05) is 203 Å². The summed E-state index contributed by atoms with van der Waals surface area (Å²) in [4.78, 5) is 5.00. The SMILES string of the molecule is [2H]c1c([2H])c([2H])c(-c2cccc(-c3c([2H])c([2H])c([2H])c([2H])c3[2H])c2CCC[n+]2[c-]n(-c3cccc(Oc4ccc5c6cc(-c7cc(-c8ccccc8)cc(-c8ccccc8)c7)ccc6n(-c6cc(C(C)(C)C)ccn6)c5c4)c3)c3ccccc32)c([2H])c1[2H]. The highest BCUT2D eigenvalue weighted by Gasteiger charge is 2.21. The monoisotopic (exact) mass is 1020 g/mol. The number of aryl methyl sites for hydroxylation is 1. The van der Waals surface area contributed by atoms with Crippen LogP contribution < -0.4 is 9.30 Å². The molecule has 0 radical (unpaired) electrons. The number of aromatic nitrogens is 4. The lowest BCUT2D eigenvalue weighted by molar-refractivity contribution is -0.676. The van der Waals surface area contributed by atoms with E-state index in [1.165, 1.54) is 0 Å². The number of para-hydroxylation sites is 2. The zero-order valence-corrected chi connectivity index (χ0v) is 43.4. The van der Waals surface area contributed by atoms with Gasteiger partial charge in [0.25, 0.3) is 0 Å². The van der Waals surface area contributed by atoms with Crippen molar-refractivity contribution < 1.29 is 23.0 Å². The third kappa shape index (κ3) is 9.45. The smallest absolute Gasteiger partial charge is 0.244 e. The quantitative estimate of drug-likeness (QED) is 0.0852.